The van der Waals surface area contributed by atoms with Crippen LogP contribution in [0.5, 0.6) is 5.75 Å². The van der Waals surface area contributed by atoms with Crippen molar-refractivity contribution in [2.45, 2.75) is 6.92 Å². The van der Waals surface area contributed by atoms with Crippen molar-refractivity contribution in [2.24, 2.45) is 0 Å². The zero-order valence-corrected chi connectivity index (χ0v) is 16.8. The minimum Gasteiger partial charge on any atom is -0.484 e. The molecule has 0 saturated heterocycles. The van der Waals surface area contributed by atoms with E-state index >= 15 is 0 Å². The molecular formula is C22H19BrN2O3. The molecule has 0 radical (unpaired) electrons. The second-order valence-corrected chi connectivity index (χ2v) is 7.00. The molecule has 0 spiro atoms. The van der Waals surface area contributed by atoms with E-state index in [0.717, 1.165) is 10.0 Å². The number of hydrogen-bond acceptors (Lipinski definition) is 3. The minimum absolute atomic E-state index is 0.0992. The molecule has 3 rings (SSSR count). The molecule has 0 bridgehead atoms. The molecule has 0 unspecified atom stereocenters. The van der Waals surface area contributed by atoms with Crippen LogP contribution in [-0.4, -0.2) is 18.4 Å². The van der Waals surface area contributed by atoms with Crippen LogP contribution in [0.15, 0.2) is 77.3 Å². The molecule has 0 aliphatic rings. The van der Waals surface area contributed by atoms with Crippen molar-refractivity contribution in [2.75, 3.05) is 17.2 Å². The maximum atomic E-state index is 12.4. The Hall–Kier alpha value is -3.12. The van der Waals surface area contributed by atoms with E-state index in [9.17, 15) is 9.59 Å². The van der Waals surface area contributed by atoms with Gasteiger partial charge in [-0.3, -0.25) is 9.59 Å². The van der Waals surface area contributed by atoms with Crippen LogP contribution in [0.3, 0.4) is 0 Å². The highest BCUT2D eigenvalue weighted by molar-refractivity contribution is 9.10. The normalized spacial score (nSPS) is 10.2. The lowest BCUT2D eigenvalue weighted by Gasteiger charge is -2.10. The molecule has 28 heavy (non-hydrogen) atoms. The van der Waals surface area contributed by atoms with Crippen molar-refractivity contribution < 1.29 is 14.3 Å². The molecule has 3 aromatic rings. The number of nitrogens with one attached hydrogen (secondary N) is 2. The summed E-state index contributed by atoms with van der Waals surface area (Å²) < 4.78 is 6.30. The molecule has 0 heterocycles. The van der Waals surface area contributed by atoms with Crippen molar-refractivity contribution in [1.82, 2.24) is 0 Å². The van der Waals surface area contributed by atoms with E-state index in [1.165, 1.54) is 0 Å². The van der Waals surface area contributed by atoms with Crippen LogP contribution < -0.4 is 15.4 Å². The van der Waals surface area contributed by atoms with Crippen LogP contribution in [-0.2, 0) is 4.79 Å². The second-order valence-electron chi connectivity index (χ2n) is 6.15. The smallest absolute Gasteiger partial charge is 0.262 e. The SMILES string of the molecule is Cc1ccc(C(=O)Nc2cccc(NC(=O)COc3ccccc3)c2)cc1Br. The van der Waals surface area contributed by atoms with Gasteiger partial charge < -0.3 is 15.4 Å². The third-order valence-electron chi connectivity index (χ3n) is 3.95. The Kier molecular flexibility index (Phi) is 6.45. The van der Waals surface area contributed by atoms with Crippen molar-refractivity contribution in [3.63, 3.8) is 0 Å². The lowest BCUT2D eigenvalue weighted by Crippen LogP contribution is -2.20. The number of amides is 2. The highest BCUT2D eigenvalue weighted by Crippen LogP contribution is 2.20. The van der Waals surface area contributed by atoms with Crippen LogP contribution in [0.25, 0.3) is 0 Å². The Morgan fingerprint density at radius 3 is 2.32 bits per heavy atom. The highest BCUT2D eigenvalue weighted by Gasteiger charge is 2.09. The maximum absolute atomic E-state index is 12.4. The monoisotopic (exact) mass is 438 g/mol. The van der Waals surface area contributed by atoms with Crippen molar-refractivity contribution in [3.05, 3.63) is 88.4 Å². The van der Waals surface area contributed by atoms with E-state index in [1.54, 1.807) is 48.5 Å². The zero-order chi connectivity index (χ0) is 19.9. The molecule has 0 aliphatic heterocycles. The van der Waals surface area contributed by atoms with Gasteiger partial charge in [-0.1, -0.05) is 46.3 Å². The lowest BCUT2D eigenvalue weighted by molar-refractivity contribution is -0.118. The fourth-order valence-electron chi connectivity index (χ4n) is 2.47. The number of ether oxygens (including phenoxy) is 1. The van der Waals surface area contributed by atoms with Gasteiger partial charge in [0.2, 0.25) is 0 Å². The summed E-state index contributed by atoms with van der Waals surface area (Å²) in [6, 6.07) is 21.5. The van der Waals surface area contributed by atoms with Crippen LogP contribution in [0.4, 0.5) is 11.4 Å². The Bertz CT molecular complexity index is 990. The first-order valence-corrected chi connectivity index (χ1v) is 9.46. The molecule has 0 fully saturated rings. The lowest BCUT2D eigenvalue weighted by atomic mass is 10.1. The number of halogens is 1. The van der Waals surface area contributed by atoms with Crippen molar-refractivity contribution in [1.29, 1.82) is 0 Å². The Labute approximate surface area is 171 Å². The molecule has 3 aromatic carbocycles. The van der Waals surface area contributed by atoms with Gasteiger partial charge in [0.05, 0.1) is 0 Å². The number of rotatable bonds is 6. The van der Waals surface area contributed by atoms with E-state index < -0.39 is 0 Å². The predicted octanol–water partition coefficient (Wildman–Crippen LogP) is 5.03. The van der Waals surface area contributed by atoms with Gasteiger partial charge in [-0.2, -0.15) is 0 Å². The van der Waals surface area contributed by atoms with Gasteiger partial charge in [0.15, 0.2) is 6.61 Å². The first-order chi connectivity index (χ1) is 13.5. The summed E-state index contributed by atoms with van der Waals surface area (Å²) in [7, 11) is 0. The number of para-hydroxylation sites is 1. The number of carbonyl (C=O) groups is 2. The van der Waals surface area contributed by atoms with Crippen molar-refractivity contribution >= 4 is 39.1 Å². The summed E-state index contributed by atoms with van der Waals surface area (Å²) in [6.45, 7) is 1.86. The molecule has 142 valence electrons. The summed E-state index contributed by atoms with van der Waals surface area (Å²) in [5.74, 6) is 0.120. The summed E-state index contributed by atoms with van der Waals surface area (Å²) in [6.07, 6.45) is 0. The van der Waals surface area contributed by atoms with E-state index in [4.69, 9.17) is 4.74 Å². The van der Waals surface area contributed by atoms with Crippen LogP contribution >= 0.6 is 15.9 Å². The topological polar surface area (TPSA) is 67.4 Å². The Morgan fingerprint density at radius 2 is 1.61 bits per heavy atom. The summed E-state index contributed by atoms with van der Waals surface area (Å²) in [5.41, 5.74) is 2.76. The number of hydrogen-bond donors (Lipinski definition) is 2. The first kappa shape index (κ1) is 19.6. The molecular weight excluding hydrogens is 420 g/mol. The van der Waals surface area contributed by atoms with Crippen LogP contribution in [0.1, 0.15) is 15.9 Å². The molecule has 0 aliphatic carbocycles. The van der Waals surface area contributed by atoms with Gasteiger partial charge in [0.25, 0.3) is 11.8 Å². The van der Waals surface area contributed by atoms with Gasteiger partial charge in [-0.05, 0) is 55.0 Å². The molecule has 0 atom stereocenters. The average molecular weight is 439 g/mol. The molecule has 6 heteroatoms. The molecule has 2 N–H and O–H groups in total. The number of carbonyl (C=O) groups excluding carboxylic acids is 2. The van der Waals surface area contributed by atoms with Gasteiger partial charge in [0, 0.05) is 21.4 Å². The van der Waals surface area contributed by atoms with Crippen LogP contribution in [0, 0.1) is 6.92 Å². The van der Waals surface area contributed by atoms with E-state index in [-0.39, 0.29) is 18.4 Å². The summed E-state index contributed by atoms with van der Waals surface area (Å²) >= 11 is 3.43. The van der Waals surface area contributed by atoms with Crippen LogP contribution in [0.2, 0.25) is 0 Å². The van der Waals surface area contributed by atoms with E-state index in [1.807, 2.05) is 31.2 Å². The first-order valence-electron chi connectivity index (χ1n) is 8.66. The maximum Gasteiger partial charge on any atom is 0.262 e. The summed E-state index contributed by atoms with van der Waals surface area (Å²) in [5, 5.41) is 5.59. The highest BCUT2D eigenvalue weighted by atomic mass is 79.9. The quantitative estimate of drug-likeness (QED) is 0.567. The Morgan fingerprint density at radius 1 is 0.893 bits per heavy atom. The Balaban J connectivity index is 1.59. The molecule has 5 nitrogen and oxygen atoms in total. The van der Waals surface area contributed by atoms with Gasteiger partial charge >= 0.3 is 0 Å². The molecule has 0 saturated carbocycles. The zero-order valence-electron chi connectivity index (χ0n) is 15.2. The minimum atomic E-state index is -0.283. The predicted molar refractivity (Wildman–Crippen MR) is 114 cm³/mol. The standard InChI is InChI=1S/C22H19BrN2O3/c1-15-10-11-16(12-20(15)23)22(27)25-18-7-5-6-17(13-18)24-21(26)14-28-19-8-3-2-4-9-19/h2-13H,14H2,1H3,(H,24,26)(H,25,27). The van der Waals surface area contributed by atoms with Gasteiger partial charge in [-0.15, -0.1) is 0 Å². The average Bonchev–Trinajstić information content (AvgIpc) is 2.69. The number of anilines is 2. The molecule has 2 amide bonds. The third kappa shape index (κ3) is 5.44. The molecule has 0 aromatic heterocycles. The largest absolute Gasteiger partial charge is 0.484 e. The van der Waals surface area contributed by atoms with E-state index in [0.29, 0.717) is 22.7 Å². The summed E-state index contributed by atoms with van der Waals surface area (Å²) in [4.78, 5) is 24.5. The second kappa shape index (κ2) is 9.19. The number of aryl methyl sites for hydroxylation is 1. The van der Waals surface area contributed by atoms with Crippen molar-refractivity contribution in [3.8, 4) is 5.75 Å². The third-order valence-corrected chi connectivity index (χ3v) is 4.81. The fraction of sp³-hybridized carbons (Fsp3) is 0.0909. The number of benzene rings is 3. The fourth-order valence-corrected chi connectivity index (χ4v) is 2.85. The van der Waals surface area contributed by atoms with Gasteiger partial charge in [-0.25, -0.2) is 0 Å². The van der Waals surface area contributed by atoms with E-state index in [2.05, 4.69) is 26.6 Å². The van der Waals surface area contributed by atoms with Gasteiger partial charge in [0.1, 0.15) is 5.75 Å².